The Bertz CT molecular complexity index is 660. The molecule has 116 valence electrons. The molecule has 1 aliphatic rings. The SMILES string of the molecule is CC1(C)CCC(c2ccc(-c3cc(C(=O)O)no3)cc2)CC1. The summed E-state index contributed by atoms with van der Waals surface area (Å²) in [7, 11) is 0. The highest BCUT2D eigenvalue weighted by molar-refractivity contribution is 5.86. The van der Waals surface area contributed by atoms with Crippen molar-refractivity contribution in [3.05, 3.63) is 41.6 Å². The molecule has 1 aromatic heterocycles. The van der Waals surface area contributed by atoms with Crippen molar-refractivity contribution >= 4 is 5.97 Å². The Hall–Kier alpha value is -2.10. The minimum Gasteiger partial charge on any atom is -0.476 e. The van der Waals surface area contributed by atoms with E-state index in [1.165, 1.54) is 37.3 Å². The highest BCUT2D eigenvalue weighted by Gasteiger charge is 2.27. The van der Waals surface area contributed by atoms with Gasteiger partial charge in [-0.3, -0.25) is 0 Å². The lowest BCUT2D eigenvalue weighted by Gasteiger charge is -2.34. The van der Waals surface area contributed by atoms with Gasteiger partial charge in [0.05, 0.1) is 0 Å². The lowest BCUT2D eigenvalue weighted by atomic mass is 9.71. The van der Waals surface area contributed by atoms with E-state index in [0.29, 0.717) is 17.1 Å². The Morgan fingerprint density at radius 2 is 1.86 bits per heavy atom. The van der Waals surface area contributed by atoms with Crippen LogP contribution in [0.25, 0.3) is 11.3 Å². The predicted molar refractivity (Wildman–Crippen MR) is 83.9 cm³/mol. The van der Waals surface area contributed by atoms with Crippen LogP contribution in [0, 0.1) is 5.41 Å². The average Bonchev–Trinajstić information content (AvgIpc) is 2.97. The second kappa shape index (κ2) is 5.59. The van der Waals surface area contributed by atoms with Gasteiger partial charge in [-0.15, -0.1) is 0 Å². The molecular formula is C18H21NO3. The molecule has 4 nitrogen and oxygen atoms in total. The topological polar surface area (TPSA) is 63.3 Å². The van der Waals surface area contributed by atoms with Crippen molar-refractivity contribution < 1.29 is 14.4 Å². The van der Waals surface area contributed by atoms with Crippen molar-refractivity contribution in [2.24, 2.45) is 5.41 Å². The number of nitrogens with zero attached hydrogens (tertiary/aromatic N) is 1. The van der Waals surface area contributed by atoms with Crippen molar-refractivity contribution in [1.82, 2.24) is 5.16 Å². The maximum atomic E-state index is 10.8. The van der Waals surface area contributed by atoms with Gasteiger partial charge in [-0.25, -0.2) is 4.79 Å². The number of hydrogen-bond acceptors (Lipinski definition) is 3. The van der Waals surface area contributed by atoms with Crippen LogP contribution in [0.15, 0.2) is 34.9 Å². The molecule has 1 aliphatic carbocycles. The summed E-state index contributed by atoms with van der Waals surface area (Å²) in [5.74, 6) is 0.0524. The third kappa shape index (κ3) is 3.06. The largest absolute Gasteiger partial charge is 0.476 e. The summed E-state index contributed by atoms with van der Waals surface area (Å²) in [6.07, 6.45) is 5.00. The molecule has 0 aliphatic heterocycles. The summed E-state index contributed by atoms with van der Waals surface area (Å²) in [6, 6.07) is 9.69. The smallest absolute Gasteiger partial charge is 0.358 e. The van der Waals surface area contributed by atoms with Crippen LogP contribution in [-0.4, -0.2) is 16.2 Å². The Balaban J connectivity index is 1.74. The first kappa shape index (κ1) is 14.8. The molecule has 0 unspecified atom stereocenters. The predicted octanol–water partition coefficient (Wildman–Crippen LogP) is 4.72. The molecule has 1 heterocycles. The van der Waals surface area contributed by atoms with Gasteiger partial charge < -0.3 is 9.63 Å². The van der Waals surface area contributed by atoms with E-state index in [2.05, 4.69) is 31.1 Å². The molecule has 22 heavy (non-hydrogen) atoms. The van der Waals surface area contributed by atoms with E-state index in [1.807, 2.05) is 12.1 Å². The zero-order valence-corrected chi connectivity index (χ0v) is 13.0. The van der Waals surface area contributed by atoms with Crippen LogP contribution >= 0.6 is 0 Å². The molecule has 0 bridgehead atoms. The highest BCUT2D eigenvalue weighted by atomic mass is 16.5. The van der Waals surface area contributed by atoms with E-state index in [-0.39, 0.29) is 5.69 Å². The van der Waals surface area contributed by atoms with Gasteiger partial charge in [0.25, 0.3) is 0 Å². The summed E-state index contributed by atoms with van der Waals surface area (Å²) in [6.45, 7) is 4.69. The fourth-order valence-electron chi connectivity index (χ4n) is 3.16. The van der Waals surface area contributed by atoms with E-state index in [0.717, 1.165) is 5.56 Å². The van der Waals surface area contributed by atoms with Gasteiger partial charge >= 0.3 is 5.97 Å². The number of aromatic carboxylic acids is 1. The summed E-state index contributed by atoms with van der Waals surface area (Å²) >= 11 is 0. The molecule has 1 aromatic carbocycles. The number of aromatic nitrogens is 1. The van der Waals surface area contributed by atoms with Crippen LogP contribution in [0.3, 0.4) is 0 Å². The van der Waals surface area contributed by atoms with Crippen LogP contribution in [-0.2, 0) is 0 Å². The molecule has 1 saturated carbocycles. The second-order valence-corrected chi connectivity index (χ2v) is 6.94. The van der Waals surface area contributed by atoms with E-state index in [4.69, 9.17) is 9.63 Å². The number of hydrogen-bond donors (Lipinski definition) is 1. The zero-order chi connectivity index (χ0) is 15.7. The molecule has 0 atom stereocenters. The third-order valence-electron chi connectivity index (χ3n) is 4.74. The molecule has 3 rings (SSSR count). The van der Waals surface area contributed by atoms with Crippen molar-refractivity contribution in [3.8, 4) is 11.3 Å². The first-order valence-corrected chi connectivity index (χ1v) is 7.75. The third-order valence-corrected chi connectivity index (χ3v) is 4.74. The Morgan fingerprint density at radius 1 is 1.23 bits per heavy atom. The molecule has 0 saturated heterocycles. The minimum atomic E-state index is -1.07. The monoisotopic (exact) mass is 299 g/mol. The Morgan fingerprint density at radius 3 is 2.41 bits per heavy atom. The molecule has 0 amide bonds. The van der Waals surface area contributed by atoms with Gasteiger partial charge in [-0.05, 0) is 42.6 Å². The molecule has 1 fully saturated rings. The molecule has 0 spiro atoms. The summed E-state index contributed by atoms with van der Waals surface area (Å²) in [4.78, 5) is 10.8. The number of carboxylic acids is 1. The molecular weight excluding hydrogens is 278 g/mol. The maximum absolute atomic E-state index is 10.8. The van der Waals surface area contributed by atoms with Crippen molar-refractivity contribution in [2.75, 3.05) is 0 Å². The summed E-state index contributed by atoms with van der Waals surface area (Å²) < 4.78 is 5.09. The Labute approximate surface area is 130 Å². The summed E-state index contributed by atoms with van der Waals surface area (Å²) in [5, 5.41) is 12.4. The van der Waals surface area contributed by atoms with Gasteiger partial charge in [0, 0.05) is 11.6 Å². The molecule has 0 radical (unpaired) electrons. The zero-order valence-electron chi connectivity index (χ0n) is 13.0. The van der Waals surface area contributed by atoms with Gasteiger partial charge in [0.1, 0.15) is 0 Å². The average molecular weight is 299 g/mol. The number of benzene rings is 1. The van der Waals surface area contributed by atoms with E-state index in [1.54, 1.807) is 0 Å². The van der Waals surface area contributed by atoms with E-state index in [9.17, 15) is 4.79 Å². The normalized spacial score (nSPS) is 18.3. The van der Waals surface area contributed by atoms with Gasteiger partial charge in [-0.2, -0.15) is 0 Å². The van der Waals surface area contributed by atoms with Gasteiger partial charge in [-0.1, -0.05) is 43.3 Å². The van der Waals surface area contributed by atoms with Crippen LogP contribution < -0.4 is 0 Å². The van der Waals surface area contributed by atoms with Crippen molar-refractivity contribution in [3.63, 3.8) is 0 Å². The number of rotatable bonds is 3. The van der Waals surface area contributed by atoms with Crippen LogP contribution in [0.2, 0.25) is 0 Å². The highest BCUT2D eigenvalue weighted by Crippen LogP contribution is 2.42. The molecule has 1 N–H and O–H groups in total. The number of carbonyl (C=O) groups is 1. The Kier molecular flexibility index (Phi) is 3.77. The first-order valence-electron chi connectivity index (χ1n) is 7.75. The standard InChI is InChI=1S/C18H21NO3/c1-18(2)9-7-13(8-10-18)12-3-5-14(6-4-12)16-11-15(17(20)21)19-22-16/h3-6,11,13H,7-10H2,1-2H3,(H,20,21). The van der Waals surface area contributed by atoms with Gasteiger partial charge in [0.15, 0.2) is 11.5 Å². The maximum Gasteiger partial charge on any atom is 0.358 e. The fourth-order valence-corrected chi connectivity index (χ4v) is 3.16. The van der Waals surface area contributed by atoms with E-state index < -0.39 is 5.97 Å². The molecule has 2 aromatic rings. The second-order valence-electron chi connectivity index (χ2n) is 6.94. The molecule has 4 heteroatoms. The first-order chi connectivity index (χ1) is 10.4. The van der Waals surface area contributed by atoms with E-state index >= 15 is 0 Å². The minimum absolute atomic E-state index is 0.0615. The van der Waals surface area contributed by atoms with Crippen molar-refractivity contribution in [2.45, 2.75) is 45.4 Å². The van der Waals surface area contributed by atoms with Crippen LogP contribution in [0.4, 0.5) is 0 Å². The van der Waals surface area contributed by atoms with Crippen LogP contribution in [0.1, 0.15) is 61.5 Å². The number of carboxylic acid groups (broad SMARTS) is 1. The van der Waals surface area contributed by atoms with Gasteiger partial charge in [0.2, 0.25) is 0 Å². The van der Waals surface area contributed by atoms with Crippen molar-refractivity contribution in [1.29, 1.82) is 0 Å². The lowest BCUT2D eigenvalue weighted by Crippen LogP contribution is -2.20. The quantitative estimate of drug-likeness (QED) is 0.890. The lowest BCUT2D eigenvalue weighted by molar-refractivity contribution is 0.0686. The van der Waals surface area contributed by atoms with Crippen LogP contribution in [0.5, 0.6) is 0 Å². The summed E-state index contributed by atoms with van der Waals surface area (Å²) in [5.41, 5.74) is 2.63. The fraction of sp³-hybridized carbons (Fsp3) is 0.444.